The first kappa shape index (κ1) is 13.5. The predicted octanol–water partition coefficient (Wildman–Crippen LogP) is 0.380. The third kappa shape index (κ3) is 4.44. The second-order valence-electron chi connectivity index (χ2n) is 3.89. The van der Waals surface area contributed by atoms with E-state index < -0.39 is 0 Å². The second kappa shape index (κ2) is 6.90. The number of nitrogens with zero attached hydrogens (tertiary/aromatic N) is 2. The first-order valence-corrected chi connectivity index (χ1v) is 5.79. The van der Waals surface area contributed by atoms with E-state index in [-0.39, 0.29) is 18.7 Å². The zero-order chi connectivity index (χ0) is 12.7. The molecule has 0 fully saturated rings. The first-order valence-electron chi connectivity index (χ1n) is 5.79. The quantitative estimate of drug-likeness (QED) is 0.672. The van der Waals surface area contributed by atoms with Crippen molar-refractivity contribution in [2.75, 3.05) is 6.61 Å². The molecular weight excluding hydrogens is 220 g/mol. The van der Waals surface area contributed by atoms with Gasteiger partial charge in [-0.25, -0.2) is 4.79 Å². The van der Waals surface area contributed by atoms with Gasteiger partial charge in [-0.3, -0.25) is 4.68 Å². The van der Waals surface area contributed by atoms with Crippen LogP contribution in [0.4, 0.5) is 4.79 Å². The number of rotatable bonds is 6. The maximum absolute atomic E-state index is 11.6. The van der Waals surface area contributed by atoms with E-state index in [0.29, 0.717) is 13.0 Å². The van der Waals surface area contributed by atoms with Crippen LogP contribution in [-0.2, 0) is 13.6 Å². The van der Waals surface area contributed by atoms with Crippen molar-refractivity contribution in [1.82, 2.24) is 20.4 Å². The van der Waals surface area contributed by atoms with E-state index in [9.17, 15) is 4.79 Å². The molecular formula is C11H20N4O2. The summed E-state index contributed by atoms with van der Waals surface area (Å²) in [5, 5.41) is 18.4. The van der Waals surface area contributed by atoms with Crippen molar-refractivity contribution in [3.63, 3.8) is 0 Å². The molecule has 0 aliphatic carbocycles. The lowest BCUT2D eigenvalue weighted by molar-refractivity contribution is 0.227. The van der Waals surface area contributed by atoms with Crippen LogP contribution in [0.15, 0.2) is 12.3 Å². The zero-order valence-corrected chi connectivity index (χ0v) is 10.3. The van der Waals surface area contributed by atoms with Gasteiger partial charge in [-0.05, 0) is 18.9 Å². The van der Waals surface area contributed by atoms with E-state index in [1.807, 2.05) is 20.0 Å². The van der Waals surface area contributed by atoms with Crippen LogP contribution in [0.25, 0.3) is 0 Å². The Kier molecular flexibility index (Phi) is 5.48. The van der Waals surface area contributed by atoms with Gasteiger partial charge >= 0.3 is 6.03 Å². The average molecular weight is 240 g/mol. The van der Waals surface area contributed by atoms with Crippen molar-refractivity contribution in [1.29, 1.82) is 0 Å². The molecule has 0 spiro atoms. The molecule has 1 rings (SSSR count). The number of carbonyl (C=O) groups is 1. The first-order chi connectivity index (χ1) is 8.17. The smallest absolute Gasteiger partial charge is 0.315 e. The number of aliphatic hydroxyl groups excluding tert-OH is 1. The number of urea groups is 1. The molecule has 1 unspecified atom stereocenters. The molecule has 0 radical (unpaired) electrons. The highest BCUT2D eigenvalue weighted by molar-refractivity contribution is 5.74. The van der Waals surface area contributed by atoms with E-state index in [0.717, 1.165) is 12.1 Å². The van der Waals surface area contributed by atoms with Gasteiger partial charge in [-0.15, -0.1) is 0 Å². The predicted molar refractivity (Wildman–Crippen MR) is 64.4 cm³/mol. The lowest BCUT2D eigenvalue weighted by atomic mass is 10.2. The minimum absolute atomic E-state index is 0.0199. The van der Waals surface area contributed by atoms with Gasteiger partial charge in [0, 0.05) is 25.9 Å². The maximum Gasteiger partial charge on any atom is 0.315 e. The monoisotopic (exact) mass is 240 g/mol. The van der Waals surface area contributed by atoms with Crippen LogP contribution in [-0.4, -0.2) is 33.6 Å². The third-order valence-electron chi connectivity index (χ3n) is 2.66. The van der Waals surface area contributed by atoms with Crippen LogP contribution in [0.1, 0.15) is 25.5 Å². The van der Waals surface area contributed by atoms with Gasteiger partial charge in [0.2, 0.25) is 0 Å². The molecule has 0 aromatic carbocycles. The number of hydrogen-bond donors (Lipinski definition) is 3. The van der Waals surface area contributed by atoms with Crippen molar-refractivity contribution in [3.8, 4) is 0 Å². The van der Waals surface area contributed by atoms with Gasteiger partial charge in [0.15, 0.2) is 0 Å². The molecule has 1 aromatic rings. The Morgan fingerprint density at radius 1 is 1.65 bits per heavy atom. The van der Waals surface area contributed by atoms with Crippen LogP contribution in [0, 0.1) is 0 Å². The summed E-state index contributed by atoms with van der Waals surface area (Å²) in [7, 11) is 1.83. The fourth-order valence-electron chi connectivity index (χ4n) is 1.52. The number of aliphatic hydroxyl groups is 1. The van der Waals surface area contributed by atoms with Crippen molar-refractivity contribution < 1.29 is 9.90 Å². The van der Waals surface area contributed by atoms with Crippen molar-refractivity contribution in [3.05, 3.63) is 18.0 Å². The summed E-state index contributed by atoms with van der Waals surface area (Å²) in [6, 6.07) is 1.66. The van der Waals surface area contributed by atoms with Gasteiger partial charge in [-0.1, -0.05) is 6.92 Å². The van der Waals surface area contributed by atoms with Crippen LogP contribution in [0.2, 0.25) is 0 Å². The lowest BCUT2D eigenvalue weighted by Gasteiger charge is -2.16. The van der Waals surface area contributed by atoms with Crippen molar-refractivity contribution in [2.24, 2.45) is 7.05 Å². The standard InChI is InChI=1S/C11H20N4O2/c1-3-9(5-7-16)14-11(17)12-8-10-4-6-13-15(10)2/h4,6,9,16H,3,5,7-8H2,1-2H3,(H2,12,14,17). The Hall–Kier alpha value is -1.56. The highest BCUT2D eigenvalue weighted by Crippen LogP contribution is 1.97. The molecule has 0 saturated heterocycles. The van der Waals surface area contributed by atoms with Crippen LogP contribution in [0.5, 0.6) is 0 Å². The summed E-state index contributed by atoms with van der Waals surface area (Å²) in [5.74, 6) is 0. The van der Waals surface area contributed by atoms with Gasteiger partial charge in [0.1, 0.15) is 0 Å². The number of hydrogen-bond acceptors (Lipinski definition) is 3. The number of aryl methyl sites for hydroxylation is 1. The van der Waals surface area contributed by atoms with Gasteiger partial charge in [0.25, 0.3) is 0 Å². The fraction of sp³-hybridized carbons (Fsp3) is 0.636. The van der Waals surface area contributed by atoms with Crippen LogP contribution >= 0.6 is 0 Å². The molecule has 2 amide bonds. The largest absolute Gasteiger partial charge is 0.396 e. The van der Waals surface area contributed by atoms with E-state index in [1.54, 1.807) is 10.9 Å². The zero-order valence-electron chi connectivity index (χ0n) is 10.3. The number of carbonyl (C=O) groups excluding carboxylic acids is 1. The minimum atomic E-state index is -0.216. The van der Waals surface area contributed by atoms with Gasteiger partial charge < -0.3 is 15.7 Å². The number of aromatic nitrogens is 2. The Morgan fingerprint density at radius 3 is 2.94 bits per heavy atom. The number of nitrogens with one attached hydrogen (secondary N) is 2. The molecule has 0 saturated carbocycles. The Morgan fingerprint density at radius 2 is 2.41 bits per heavy atom. The molecule has 0 aliphatic heterocycles. The molecule has 1 atom stereocenters. The summed E-state index contributed by atoms with van der Waals surface area (Å²) in [5.41, 5.74) is 0.940. The van der Waals surface area contributed by atoms with E-state index >= 15 is 0 Å². The van der Waals surface area contributed by atoms with Crippen LogP contribution < -0.4 is 10.6 Å². The molecule has 0 bridgehead atoms. The summed E-state index contributed by atoms with van der Waals surface area (Å²) in [6.07, 6.45) is 3.07. The van der Waals surface area contributed by atoms with Gasteiger partial charge in [-0.2, -0.15) is 5.10 Å². The summed E-state index contributed by atoms with van der Waals surface area (Å²) < 4.78 is 1.71. The molecule has 1 aromatic heterocycles. The Balaban J connectivity index is 2.32. The molecule has 6 nitrogen and oxygen atoms in total. The number of amides is 2. The maximum atomic E-state index is 11.6. The third-order valence-corrected chi connectivity index (χ3v) is 2.66. The highest BCUT2D eigenvalue weighted by Gasteiger charge is 2.09. The lowest BCUT2D eigenvalue weighted by Crippen LogP contribution is -2.42. The SMILES string of the molecule is CCC(CCO)NC(=O)NCc1ccnn1C. The van der Waals surface area contributed by atoms with E-state index in [2.05, 4.69) is 15.7 Å². The van der Waals surface area contributed by atoms with Crippen LogP contribution in [0.3, 0.4) is 0 Å². The summed E-state index contributed by atoms with van der Waals surface area (Å²) in [6.45, 7) is 2.50. The molecule has 96 valence electrons. The van der Waals surface area contributed by atoms with Crippen molar-refractivity contribution in [2.45, 2.75) is 32.4 Å². The topological polar surface area (TPSA) is 79.2 Å². The average Bonchev–Trinajstić information content (AvgIpc) is 2.71. The summed E-state index contributed by atoms with van der Waals surface area (Å²) in [4.78, 5) is 11.6. The van der Waals surface area contributed by atoms with E-state index in [4.69, 9.17) is 5.11 Å². The molecule has 6 heteroatoms. The molecule has 0 aliphatic rings. The Labute approximate surface area is 101 Å². The minimum Gasteiger partial charge on any atom is -0.396 e. The normalized spacial score (nSPS) is 12.2. The van der Waals surface area contributed by atoms with Gasteiger partial charge in [0.05, 0.1) is 12.2 Å². The summed E-state index contributed by atoms with van der Waals surface area (Å²) >= 11 is 0. The molecule has 1 heterocycles. The van der Waals surface area contributed by atoms with E-state index in [1.165, 1.54) is 0 Å². The Bertz CT molecular complexity index is 351. The molecule has 17 heavy (non-hydrogen) atoms. The fourth-order valence-corrected chi connectivity index (χ4v) is 1.52. The second-order valence-corrected chi connectivity index (χ2v) is 3.89. The highest BCUT2D eigenvalue weighted by atomic mass is 16.3. The molecule has 3 N–H and O–H groups in total. The van der Waals surface area contributed by atoms with Crippen molar-refractivity contribution >= 4 is 6.03 Å².